The van der Waals surface area contributed by atoms with Gasteiger partial charge in [-0.25, -0.2) is 4.39 Å². The van der Waals surface area contributed by atoms with Crippen LogP contribution in [0.15, 0.2) is 24.3 Å². The molecule has 2 nitrogen and oxygen atoms in total. The molecule has 2 saturated heterocycles. The van der Waals surface area contributed by atoms with Crippen LogP contribution >= 0.6 is 0 Å². The first-order valence-corrected chi connectivity index (χ1v) is 8.32. The monoisotopic (exact) mass is 290 g/mol. The number of piperazine rings is 1. The van der Waals surface area contributed by atoms with Gasteiger partial charge < -0.3 is 0 Å². The summed E-state index contributed by atoms with van der Waals surface area (Å²) in [5, 5.41) is 0. The summed E-state index contributed by atoms with van der Waals surface area (Å²) in [5.41, 5.74) is 0.842. The number of benzene rings is 1. The second-order valence-electron chi connectivity index (χ2n) is 7.00. The second-order valence-corrected chi connectivity index (χ2v) is 7.00. The summed E-state index contributed by atoms with van der Waals surface area (Å²) in [7, 11) is 0. The molecule has 0 amide bonds. The molecule has 0 saturated carbocycles. The molecule has 116 valence electrons. The maximum Gasteiger partial charge on any atom is 0.127 e. The molecule has 0 bridgehead atoms. The second kappa shape index (κ2) is 6.05. The number of rotatable bonds is 3. The van der Waals surface area contributed by atoms with Gasteiger partial charge in [-0.3, -0.25) is 9.80 Å². The van der Waals surface area contributed by atoms with Crippen LogP contribution in [0.4, 0.5) is 4.39 Å². The van der Waals surface area contributed by atoms with Gasteiger partial charge in [0.15, 0.2) is 0 Å². The Morgan fingerprint density at radius 2 is 1.90 bits per heavy atom. The van der Waals surface area contributed by atoms with E-state index in [1.807, 2.05) is 12.1 Å². The lowest BCUT2D eigenvalue weighted by atomic mass is 9.93. The van der Waals surface area contributed by atoms with Crippen molar-refractivity contribution in [2.24, 2.45) is 5.92 Å². The molecule has 3 unspecified atom stereocenters. The lowest BCUT2D eigenvalue weighted by Gasteiger charge is -2.48. The number of halogens is 1. The third-order valence-corrected chi connectivity index (χ3v) is 5.39. The zero-order valence-corrected chi connectivity index (χ0v) is 13.4. The molecule has 0 aromatic heterocycles. The van der Waals surface area contributed by atoms with E-state index in [1.54, 1.807) is 12.1 Å². The van der Waals surface area contributed by atoms with Gasteiger partial charge in [0.2, 0.25) is 0 Å². The summed E-state index contributed by atoms with van der Waals surface area (Å²) in [6, 6.07) is 8.61. The molecule has 1 aromatic rings. The quantitative estimate of drug-likeness (QED) is 0.837. The average Bonchev–Trinajstić information content (AvgIpc) is 2.93. The Balaban J connectivity index is 1.85. The zero-order chi connectivity index (χ0) is 15.0. The van der Waals surface area contributed by atoms with E-state index in [9.17, 15) is 4.39 Å². The Kier molecular flexibility index (Phi) is 4.32. The van der Waals surface area contributed by atoms with E-state index in [0.29, 0.717) is 18.0 Å². The number of fused-ring (bicyclic) bond motifs is 1. The minimum Gasteiger partial charge on any atom is -0.298 e. The highest BCUT2D eigenvalue weighted by atomic mass is 19.1. The molecular formula is C18H27FN2. The maximum atomic E-state index is 14.2. The van der Waals surface area contributed by atoms with Gasteiger partial charge in [0.05, 0.1) is 0 Å². The van der Waals surface area contributed by atoms with Crippen LogP contribution in [0.2, 0.25) is 0 Å². The summed E-state index contributed by atoms with van der Waals surface area (Å²) < 4.78 is 14.2. The van der Waals surface area contributed by atoms with Crippen LogP contribution in [-0.4, -0.2) is 41.5 Å². The summed E-state index contributed by atoms with van der Waals surface area (Å²) in [6.07, 6.45) is 2.61. The van der Waals surface area contributed by atoms with Crippen LogP contribution in [0.5, 0.6) is 0 Å². The highest BCUT2D eigenvalue weighted by molar-refractivity contribution is 5.21. The van der Waals surface area contributed by atoms with Crippen LogP contribution in [0.25, 0.3) is 0 Å². The van der Waals surface area contributed by atoms with Gasteiger partial charge in [-0.15, -0.1) is 0 Å². The molecule has 0 radical (unpaired) electrons. The van der Waals surface area contributed by atoms with Crippen molar-refractivity contribution in [3.63, 3.8) is 0 Å². The highest BCUT2D eigenvalue weighted by Crippen LogP contribution is 2.34. The first-order chi connectivity index (χ1) is 10.1. The molecule has 2 aliphatic heterocycles. The van der Waals surface area contributed by atoms with E-state index in [-0.39, 0.29) is 11.9 Å². The minimum atomic E-state index is -0.0682. The molecule has 3 rings (SSSR count). The van der Waals surface area contributed by atoms with Crippen LogP contribution < -0.4 is 0 Å². The molecule has 0 aliphatic carbocycles. The van der Waals surface area contributed by atoms with Gasteiger partial charge in [-0.05, 0) is 38.3 Å². The van der Waals surface area contributed by atoms with Crippen molar-refractivity contribution in [3.8, 4) is 0 Å². The lowest BCUT2D eigenvalue weighted by molar-refractivity contribution is 0.00321. The Hall–Kier alpha value is -0.930. The summed E-state index contributed by atoms with van der Waals surface area (Å²) in [4.78, 5) is 5.20. The summed E-state index contributed by atoms with van der Waals surface area (Å²) >= 11 is 0. The maximum absolute atomic E-state index is 14.2. The Morgan fingerprint density at radius 1 is 1.14 bits per heavy atom. The molecule has 21 heavy (non-hydrogen) atoms. The van der Waals surface area contributed by atoms with E-state index in [4.69, 9.17) is 0 Å². The third kappa shape index (κ3) is 2.86. The third-order valence-electron chi connectivity index (χ3n) is 5.39. The molecule has 2 heterocycles. The molecule has 0 spiro atoms. The van der Waals surface area contributed by atoms with E-state index < -0.39 is 0 Å². The molecule has 3 atom stereocenters. The van der Waals surface area contributed by atoms with Gasteiger partial charge in [0.25, 0.3) is 0 Å². The van der Waals surface area contributed by atoms with Crippen molar-refractivity contribution < 1.29 is 4.39 Å². The topological polar surface area (TPSA) is 6.48 Å². The molecule has 2 fully saturated rings. The van der Waals surface area contributed by atoms with E-state index in [0.717, 1.165) is 18.7 Å². The summed E-state index contributed by atoms with van der Waals surface area (Å²) in [5.74, 6) is 0.530. The first kappa shape index (κ1) is 15.0. The molecule has 0 N–H and O–H groups in total. The SMILES string of the molecule is CC(C)C1CN2CCCC2CN1C(C)c1ccccc1F. The predicted octanol–water partition coefficient (Wildman–Crippen LogP) is 3.69. The standard InChI is InChI=1S/C18H27FN2/c1-13(2)18-12-20-10-6-7-15(20)11-21(18)14(3)16-8-4-5-9-17(16)19/h4-5,8-9,13-15,18H,6-7,10-12H2,1-3H3. The van der Waals surface area contributed by atoms with Crippen molar-refractivity contribution in [2.75, 3.05) is 19.6 Å². The highest BCUT2D eigenvalue weighted by Gasteiger charge is 2.39. The van der Waals surface area contributed by atoms with E-state index in [1.165, 1.54) is 19.4 Å². The van der Waals surface area contributed by atoms with Gasteiger partial charge >= 0.3 is 0 Å². The van der Waals surface area contributed by atoms with Crippen molar-refractivity contribution in [2.45, 2.75) is 51.7 Å². The van der Waals surface area contributed by atoms with Crippen molar-refractivity contribution in [3.05, 3.63) is 35.6 Å². The van der Waals surface area contributed by atoms with Gasteiger partial charge in [-0.2, -0.15) is 0 Å². The minimum absolute atomic E-state index is 0.0682. The predicted molar refractivity (Wildman–Crippen MR) is 84.7 cm³/mol. The molecular weight excluding hydrogens is 263 g/mol. The first-order valence-electron chi connectivity index (χ1n) is 8.32. The fraction of sp³-hybridized carbons (Fsp3) is 0.667. The van der Waals surface area contributed by atoms with E-state index >= 15 is 0 Å². The lowest BCUT2D eigenvalue weighted by Crippen LogP contribution is -2.58. The summed E-state index contributed by atoms with van der Waals surface area (Å²) in [6.45, 7) is 10.2. The van der Waals surface area contributed by atoms with Gasteiger partial charge in [0, 0.05) is 36.8 Å². The average molecular weight is 290 g/mol. The number of hydrogen-bond acceptors (Lipinski definition) is 2. The number of hydrogen-bond donors (Lipinski definition) is 0. The van der Waals surface area contributed by atoms with E-state index in [2.05, 4.69) is 30.6 Å². The van der Waals surface area contributed by atoms with Crippen molar-refractivity contribution >= 4 is 0 Å². The Morgan fingerprint density at radius 3 is 2.62 bits per heavy atom. The van der Waals surface area contributed by atoms with Gasteiger partial charge in [0.1, 0.15) is 5.82 Å². The smallest absolute Gasteiger partial charge is 0.127 e. The van der Waals surface area contributed by atoms with Crippen LogP contribution in [0.1, 0.15) is 45.2 Å². The van der Waals surface area contributed by atoms with Crippen molar-refractivity contribution in [1.82, 2.24) is 9.80 Å². The Labute approximate surface area is 127 Å². The Bertz CT molecular complexity index is 488. The van der Waals surface area contributed by atoms with Crippen LogP contribution in [-0.2, 0) is 0 Å². The van der Waals surface area contributed by atoms with Crippen LogP contribution in [0, 0.1) is 11.7 Å². The fourth-order valence-electron chi connectivity index (χ4n) is 4.10. The molecule has 2 aliphatic rings. The molecule has 1 aromatic carbocycles. The zero-order valence-electron chi connectivity index (χ0n) is 13.4. The van der Waals surface area contributed by atoms with Gasteiger partial charge in [-0.1, -0.05) is 32.0 Å². The molecule has 3 heteroatoms. The largest absolute Gasteiger partial charge is 0.298 e. The van der Waals surface area contributed by atoms with Crippen LogP contribution in [0.3, 0.4) is 0 Å². The van der Waals surface area contributed by atoms with Crippen molar-refractivity contribution in [1.29, 1.82) is 0 Å². The number of nitrogens with zero attached hydrogens (tertiary/aromatic N) is 2. The fourth-order valence-corrected chi connectivity index (χ4v) is 4.10. The normalized spacial score (nSPS) is 28.8.